The molecule has 1 saturated heterocycles. The van der Waals surface area contributed by atoms with Crippen molar-refractivity contribution < 1.29 is 4.74 Å². The summed E-state index contributed by atoms with van der Waals surface area (Å²) in [4.78, 5) is 0. The molecule has 1 fully saturated rings. The maximum absolute atomic E-state index is 5.80. The molecule has 0 aromatic rings. The number of hydrogen-bond acceptors (Lipinski definition) is 2. The van der Waals surface area contributed by atoms with Crippen molar-refractivity contribution >= 4 is 0 Å². The Morgan fingerprint density at radius 3 is 2.53 bits per heavy atom. The number of nitrogens with one attached hydrogen (secondary N) is 1. The van der Waals surface area contributed by atoms with Crippen molar-refractivity contribution in [1.82, 2.24) is 5.32 Å². The lowest BCUT2D eigenvalue weighted by Crippen LogP contribution is -2.45. The Morgan fingerprint density at radius 2 is 1.94 bits per heavy atom. The van der Waals surface area contributed by atoms with Crippen LogP contribution in [0.4, 0.5) is 0 Å². The average molecular weight is 241 g/mol. The predicted molar refractivity (Wildman–Crippen MR) is 74.3 cm³/mol. The third-order valence-corrected chi connectivity index (χ3v) is 4.23. The maximum Gasteiger partial charge on any atom is 0.0589 e. The molecule has 0 aromatic heterocycles. The summed E-state index contributed by atoms with van der Waals surface area (Å²) >= 11 is 0. The largest absolute Gasteiger partial charge is 0.378 e. The van der Waals surface area contributed by atoms with Gasteiger partial charge in [-0.25, -0.2) is 0 Å². The highest BCUT2D eigenvalue weighted by molar-refractivity contribution is 4.81. The second kappa shape index (κ2) is 8.10. The molecule has 0 aromatic carbocycles. The molecule has 102 valence electrons. The molecule has 0 bridgehead atoms. The molecule has 2 heteroatoms. The SMILES string of the molecule is CCCC1CC(NC(C)C(CC)CC)CCO1. The normalized spacial score (nSPS) is 27.4. The van der Waals surface area contributed by atoms with Crippen LogP contribution in [0.15, 0.2) is 0 Å². The lowest BCUT2D eigenvalue weighted by atomic mass is 9.93. The van der Waals surface area contributed by atoms with E-state index in [1.54, 1.807) is 0 Å². The summed E-state index contributed by atoms with van der Waals surface area (Å²) in [5.41, 5.74) is 0. The zero-order chi connectivity index (χ0) is 12.7. The van der Waals surface area contributed by atoms with Crippen LogP contribution in [0.3, 0.4) is 0 Å². The van der Waals surface area contributed by atoms with Gasteiger partial charge in [0.1, 0.15) is 0 Å². The summed E-state index contributed by atoms with van der Waals surface area (Å²) < 4.78 is 5.80. The minimum absolute atomic E-state index is 0.500. The van der Waals surface area contributed by atoms with E-state index in [1.807, 2.05) is 0 Å². The van der Waals surface area contributed by atoms with Crippen LogP contribution in [0, 0.1) is 5.92 Å². The van der Waals surface area contributed by atoms with E-state index < -0.39 is 0 Å². The summed E-state index contributed by atoms with van der Waals surface area (Å²) in [5.74, 6) is 0.822. The second-order valence-corrected chi connectivity index (χ2v) is 5.53. The molecule has 17 heavy (non-hydrogen) atoms. The van der Waals surface area contributed by atoms with Crippen molar-refractivity contribution in [2.75, 3.05) is 6.61 Å². The van der Waals surface area contributed by atoms with Crippen molar-refractivity contribution in [2.45, 2.75) is 84.4 Å². The van der Waals surface area contributed by atoms with Crippen LogP contribution in [-0.4, -0.2) is 24.8 Å². The lowest BCUT2D eigenvalue weighted by Gasteiger charge is -2.34. The van der Waals surface area contributed by atoms with E-state index in [9.17, 15) is 0 Å². The first-order chi connectivity index (χ1) is 8.21. The van der Waals surface area contributed by atoms with Crippen LogP contribution in [-0.2, 0) is 4.74 Å². The standard InChI is InChI=1S/C15H31NO/c1-5-8-15-11-14(9-10-17-15)16-12(4)13(6-2)7-3/h12-16H,5-11H2,1-4H3. The topological polar surface area (TPSA) is 21.3 Å². The molecule has 0 spiro atoms. The van der Waals surface area contributed by atoms with Gasteiger partial charge in [0.25, 0.3) is 0 Å². The van der Waals surface area contributed by atoms with Gasteiger partial charge in [0.05, 0.1) is 6.10 Å². The Morgan fingerprint density at radius 1 is 1.24 bits per heavy atom. The number of hydrogen-bond donors (Lipinski definition) is 1. The Labute approximate surface area is 108 Å². The minimum Gasteiger partial charge on any atom is -0.378 e. The monoisotopic (exact) mass is 241 g/mol. The van der Waals surface area contributed by atoms with Crippen molar-refractivity contribution in [1.29, 1.82) is 0 Å². The first-order valence-electron chi connectivity index (χ1n) is 7.58. The van der Waals surface area contributed by atoms with Gasteiger partial charge in [-0.15, -0.1) is 0 Å². The zero-order valence-corrected chi connectivity index (χ0v) is 12.2. The van der Waals surface area contributed by atoms with Crippen LogP contribution in [0.25, 0.3) is 0 Å². The first kappa shape index (κ1) is 15.0. The van der Waals surface area contributed by atoms with Crippen LogP contribution in [0.5, 0.6) is 0 Å². The van der Waals surface area contributed by atoms with E-state index >= 15 is 0 Å². The molecule has 1 heterocycles. The van der Waals surface area contributed by atoms with Gasteiger partial charge in [-0.2, -0.15) is 0 Å². The molecule has 0 aliphatic carbocycles. The van der Waals surface area contributed by atoms with Crippen molar-refractivity contribution in [3.8, 4) is 0 Å². The van der Waals surface area contributed by atoms with E-state index in [-0.39, 0.29) is 0 Å². The minimum atomic E-state index is 0.500. The smallest absolute Gasteiger partial charge is 0.0589 e. The third-order valence-electron chi connectivity index (χ3n) is 4.23. The van der Waals surface area contributed by atoms with Gasteiger partial charge in [-0.1, -0.05) is 40.0 Å². The third kappa shape index (κ3) is 4.97. The summed E-state index contributed by atoms with van der Waals surface area (Å²) in [7, 11) is 0. The van der Waals surface area contributed by atoms with Crippen LogP contribution in [0.2, 0.25) is 0 Å². The summed E-state index contributed by atoms with van der Waals surface area (Å²) in [6.07, 6.45) is 7.92. The van der Waals surface area contributed by atoms with Crippen LogP contribution >= 0.6 is 0 Å². The maximum atomic E-state index is 5.80. The fraction of sp³-hybridized carbons (Fsp3) is 1.00. The van der Waals surface area contributed by atoms with Crippen LogP contribution < -0.4 is 5.32 Å². The highest BCUT2D eigenvalue weighted by atomic mass is 16.5. The van der Waals surface area contributed by atoms with Crippen molar-refractivity contribution in [3.05, 3.63) is 0 Å². The van der Waals surface area contributed by atoms with E-state index in [0.717, 1.165) is 12.5 Å². The van der Waals surface area contributed by atoms with Gasteiger partial charge < -0.3 is 10.1 Å². The Bertz CT molecular complexity index is 189. The van der Waals surface area contributed by atoms with Gasteiger partial charge in [0.15, 0.2) is 0 Å². The highest BCUT2D eigenvalue weighted by Gasteiger charge is 2.24. The van der Waals surface area contributed by atoms with Crippen molar-refractivity contribution in [3.63, 3.8) is 0 Å². The van der Waals surface area contributed by atoms with Gasteiger partial charge in [-0.3, -0.25) is 0 Å². The first-order valence-corrected chi connectivity index (χ1v) is 7.58. The second-order valence-electron chi connectivity index (χ2n) is 5.53. The number of ether oxygens (including phenoxy) is 1. The van der Waals surface area contributed by atoms with E-state index in [2.05, 4.69) is 33.0 Å². The molecular formula is C15H31NO. The molecule has 0 amide bonds. The van der Waals surface area contributed by atoms with E-state index in [4.69, 9.17) is 4.74 Å². The summed E-state index contributed by atoms with van der Waals surface area (Å²) in [5, 5.41) is 3.83. The molecule has 3 unspecified atom stereocenters. The van der Waals surface area contributed by atoms with E-state index in [0.29, 0.717) is 18.2 Å². The van der Waals surface area contributed by atoms with Crippen LogP contribution in [0.1, 0.15) is 66.2 Å². The fourth-order valence-electron chi connectivity index (χ4n) is 3.06. The number of rotatable bonds is 7. The van der Waals surface area contributed by atoms with Gasteiger partial charge in [0, 0.05) is 18.7 Å². The molecule has 1 aliphatic rings. The summed E-state index contributed by atoms with van der Waals surface area (Å²) in [6.45, 7) is 10.1. The molecule has 1 aliphatic heterocycles. The highest BCUT2D eigenvalue weighted by Crippen LogP contribution is 2.20. The molecule has 0 radical (unpaired) electrons. The Kier molecular flexibility index (Phi) is 7.14. The van der Waals surface area contributed by atoms with Gasteiger partial charge in [0.2, 0.25) is 0 Å². The van der Waals surface area contributed by atoms with Gasteiger partial charge in [-0.05, 0) is 32.1 Å². The zero-order valence-electron chi connectivity index (χ0n) is 12.2. The predicted octanol–water partition coefficient (Wildman–Crippen LogP) is 3.75. The Hall–Kier alpha value is -0.0800. The quantitative estimate of drug-likeness (QED) is 0.733. The molecule has 1 N–H and O–H groups in total. The fourth-order valence-corrected chi connectivity index (χ4v) is 3.06. The average Bonchev–Trinajstić information content (AvgIpc) is 2.31. The molecule has 3 atom stereocenters. The lowest BCUT2D eigenvalue weighted by molar-refractivity contribution is -0.00595. The van der Waals surface area contributed by atoms with Gasteiger partial charge >= 0.3 is 0 Å². The molecule has 1 rings (SSSR count). The summed E-state index contributed by atoms with van der Waals surface area (Å²) in [6, 6.07) is 1.33. The molecule has 0 saturated carbocycles. The Balaban J connectivity index is 2.34. The molecular weight excluding hydrogens is 210 g/mol. The molecule has 2 nitrogen and oxygen atoms in total. The van der Waals surface area contributed by atoms with Crippen molar-refractivity contribution in [2.24, 2.45) is 5.92 Å². The van der Waals surface area contributed by atoms with E-state index in [1.165, 1.54) is 38.5 Å².